The first-order valence-corrected chi connectivity index (χ1v) is 7.47. The number of furan rings is 1. The fourth-order valence-electron chi connectivity index (χ4n) is 2.05. The average Bonchev–Trinajstić information content (AvgIpc) is 2.88. The summed E-state index contributed by atoms with van der Waals surface area (Å²) in [5.41, 5.74) is 2.27. The van der Waals surface area contributed by atoms with Crippen LogP contribution in [0, 0.1) is 6.92 Å². The molecular weight excluding hydrogens is 354 g/mol. The van der Waals surface area contributed by atoms with Crippen LogP contribution in [0.25, 0.3) is 11.0 Å². The number of rotatable bonds is 2. The molecule has 2 aromatic carbocycles. The standard InChI is InChI=1S/C16H11BrClNO2/c1-9-5-6-10(18)7-13(9)19-16(20)15-8-11-12(17)3-2-4-14(11)21-15/h2-8H,1H3,(H,19,20). The average molecular weight is 365 g/mol. The zero-order chi connectivity index (χ0) is 15.0. The van der Waals surface area contributed by atoms with Gasteiger partial charge in [-0.05, 0) is 42.8 Å². The van der Waals surface area contributed by atoms with E-state index < -0.39 is 0 Å². The van der Waals surface area contributed by atoms with Crippen LogP contribution in [0.5, 0.6) is 0 Å². The minimum atomic E-state index is -0.302. The third-order valence-electron chi connectivity index (χ3n) is 3.18. The predicted molar refractivity (Wildman–Crippen MR) is 88.1 cm³/mol. The Bertz CT molecular complexity index is 841. The number of halogens is 2. The van der Waals surface area contributed by atoms with Crippen LogP contribution in [0.2, 0.25) is 5.02 Å². The zero-order valence-corrected chi connectivity index (χ0v) is 13.5. The molecule has 5 heteroatoms. The van der Waals surface area contributed by atoms with Gasteiger partial charge in [0.25, 0.3) is 5.91 Å². The Morgan fingerprint density at radius 1 is 1.24 bits per heavy atom. The van der Waals surface area contributed by atoms with Gasteiger partial charge in [-0.1, -0.05) is 39.7 Å². The summed E-state index contributed by atoms with van der Waals surface area (Å²) in [7, 11) is 0. The van der Waals surface area contributed by atoms with Crippen LogP contribution in [-0.4, -0.2) is 5.91 Å². The van der Waals surface area contributed by atoms with Crippen molar-refractivity contribution in [3.63, 3.8) is 0 Å². The van der Waals surface area contributed by atoms with E-state index in [4.69, 9.17) is 16.0 Å². The molecule has 3 nitrogen and oxygen atoms in total. The van der Waals surface area contributed by atoms with Gasteiger partial charge in [0.1, 0.15) is 5.58 Å². The Morgan fingerprint density at radius 3 is 2.81 bits per heavy atom. The van der Waals surface area contributed by atoms with Crippen molar-refractivity contribution in [2.45, 2.75) is 6.92 Å². The van der Waals surface area contributed by atoms with Gasteiger partial charge < -0.3 is 9.73 Å². The minimum Gasteiger partial charge on any atom is -0.451 e. The Morgan fingerprint density at radius 2 is 2.05 bits per heavy atom. The third kappa shape index (κ3) is 2.82. The van der Waals surface area contributed by atoms with E-state index in [1.54, 1.807) is 18.2 Å². The molecule has 0 spiro atoms. The van der Waals surface area contributed by atoms with Gasteiger partial charge in [0.15, 0.2) is 5.76 Å². The molecule has 1 heterocycles. The molecule has 0 aliphatic carbocycles. The molecule has 1 aromatic heterocycles. The Kier molecular flexibility index (Phi) is 3.74. The van der Waals surface area contributed by atoms with Gasteiger partial charge in [0, 0.05) is 20.6 Å². The summed E-state index contributed by atoms with van der Waals surface area (Å²) in [4.78, 5) is 12.3. The fraction of sp³-hybridized carbons (Fsp3) is 0.0625. The molecule has 0 aliphatic heterocycles. The number of amides is 1. The first-order valence-electron chi connectivity index (χ1n) is 6.30. The highest BCUT2D eigenvalue weighted by molar-refractivity contribution is 9.10. The van der Waals surface area contributed by atoms with Crippen molar-refractivity contribution >= 4 is 50.1 Å². The SMILES string of the molecule is Cc1ccc(Cl)cc1NC(=O)c1cc2c(Br)cccc2o1. The lowest BCUT2D eigenvalue weighted by atomic mass is 10.2. The van der Waals surface area contributed by atoms with Crippen molar-refractivity contribution < 1.29 is 9.21 Å². The molecule has 0 fully saturated rings. The Hall–Kier alpha value is -1.78. The summed E-state index contributed by atoms with van der Waals surface area (Å²) in [5, 5.41) is 4.25. The van der Waals surface area contributed by atoms with E-state index in [-0.39, 0.29) is 11.7 Å². The van der Waals surface area contributed by atoms with Crippen molar-refractivity contribution in [3.8, 4) is 0 Å². The maximum atomic E-state index is 12.3. The molecule has 21 heavy (non-hydrogen) atoms. The summed E-state index contributed by atoms with van der Waals surface area (Å²) in [6.45, 7) is 1.90. The summed E-state index contributed by atoms with van der Waals surface area (Å²) < 4.78 is 6.47. The molecule has 0 saturated carbocycles. The molecule has 1 N–H and O–H groups in total. The fourth-order valence-corrected chi connectivity index (χ4v) is 2.68. The topological polar surface area (TPSA) is 42.2 Å². The van der Waals surface area contributed by atoms with Crippen LogP contribution in [0.1, 0.15) is 16.1 Å². The van der Waals surface area contributed by atoms with E-state index in [9.17, 15) is 4.79 Å². The first kappa shape index (κ1) is 14.2. The number of aryl methyl sites for hydroxylation is 1. The Labute approximate surface area is 135 Å². The smallest absolute Gasteiger partial charge is 0.291 e. The number of carbonyl (C=O) groups excluding carboxylic acids is 1. The van der Waals surface area contributed by atoms with Crippen LogP contribution in [0.3, 0.4) is 0 Å². The molecule has 0 aliphatic rings. The number of carbonyl (C=O) groups is 1. The van der Waals surface area contributed by atoms with Gasteiger partial charge in [0.2, 0.25) is 0 Å². The Balaban J connectivity index is 1.93. The van der Waals surface area contributed by atoms with Crippen LogP contribution in [0.15, 0.2) is 51.4 Å². The number of benzene rings is 2. The summed E-state index contributed by atoms with van der Waals surface area (Å²) >= 11 is 9.39. The second-order valence-electron chi connectivity index (χ2n) is 4.68. The molecular formula is C16H11BrClNO2. The van der Waals surface area contributed by atoms with Gasteiger partial charge in [-0.3, -0.25) is 4.79 Å². The molecule has 0 atom stereocenters. The van der Waals surface area contributed by atoms with E-state index in [2.05, 4.69) is 21.2 Å². The molecule has 0 bridgehead atoms. The van der Waals surface area contributed by atoms with E-state index >= 15 is 0 Å². The van der Waals surface area contributed by atoms with Crippen LogP contribution >= 0.6 is 27.5 Å². The van der Waals surface area contributed by atoms with Crippen molar-refractivity contribution in [1.82, 2.24) is 0 Å². The second kappa shape index (κ2) is 5.54. The van der Waals surface area contributed by atoms with Crippen molar-refractivity contribution in [2.75, 3.05) is 5.32 Å². The summed E-state index contributed by atoms with van der Waals surface area (Å²) in [6, 6.07) is 12.7. The maximum absolute atomic E-state index is 12.3. The molecule has 3 rings (SSSR count). The van der Waals surface area contributed by atoms with Crippen LogP contribution in [-0.2, 0) is 0 Å². The van der Waals surface area contributed by atoms with E-state index in [1.807, 2.05) is 31.2 Å². The highest BCUT2D eigenvalue weighted by Crippen LogP contribution is 2.28. The lowest BCUT2D eigenvalue weighted by molar-refractivity contribution is 0.0998. The summed E-state index contributed by atoms with van der Waals surface area (Å²) in [6.07, 6.45) is 0. The second-order valence-corrected chi connectivity index (χ2v) is 5.97. The zero-order valence-electron chi connectivity index (χ0n) is 11.1. The maximum Gasteiger partial charge on any atom is 0.291 e. The number of nitrogens with one attached hydrogen (secondary N) is 1. The molecule has 0 saturated heterocycles. The summed E-state index contributed by atoms with van der Waals surface area (Å²) in [5.74, 6) is -0.0419. The first-order chi connectivity index (χ1) is 10.0. The third-order valence-corrected chi connectivity index (χ3v) is 4.11. The highest BCUT2D eigenvalue weighted by Gasteiger charge is 2.14. The predicted octanol–water partition coefficient (Wildman–Crippen LogP) is 5.41. The quantitative estimate of drug-likeness (QED) is 0.660. The lowest BCUT2D eigenvalue weighted by Crippen LogP contribution is -2.11. The van der Waals surface area contributed by atoms with Crippen molar-refractivity contribution in [2.24, 2.45) is 0 Å². The van der Waals surface area contributed by atoms with Gasteiger partial charge in [-0.15, -0.1) is 0 Å². The van der Waals surface area contributed by atoms with E-state index in [0.717, 1.165) is 15.4 Å². The van der Waals surface area contributed by atoms with Crippen molar-refractivity contribution in [1.29, 1.82) is 0 Å². The monoisotopic (exact) mass is 363 g/mol. The van der Waals surface area contributed by atoms with Crippen LogP contribution in [0.4, 0.5) is 5.69 Å². The highest BCUT2D eigenvalue weighted by atomic mass is 79.9. The van der Waals surface area contributed by atoms with E-state index in [0.29, 0.717) is 16.3 Å². The molecule has 1 amide bonds. The molecule has 106 valence electrons. The van der Waals surface area contributed by atoms with Crippen molar-refractivity contribution in [3.05, 3.63) is 63.3 Å². The van der Waals surface area contributed by atoms with Crippen LogP contribution < -0.4 is 5.32 Å². The van der Waals surface area contributed by atoms with E-state index in [1.165, 1.54) is 0 Å². The largest absolute Gasteiger partial charge is 0.451 e. The number of anilines is 1. The number of fused-ring (bicyclic) bond motifs is 1. The van der Waals surface area contributed by atoms with Gasteiger partial charge in [-0.25, -0.2) is 0 Å². The number of hydrogen-bond donors (Lipinski definition) is 1. The molecule has 0 unspecified atom stereocenters. The lowest BCUT2D eigenvalue weighted by Gasteiger charge is -2.07. The molecule has 3 aromatic rings. The molecule has 0 radical (unpaired) electrons. The van der Waals surface area contributed by atoms with Gasteiger partial charge in [-0.2, -0.15) is 0 Å². The van der Waals surface area contributed by atoms with Gasteiger partial charge >= 0.3 is 0 Å². The van der Waals surface area contributed by atoms with Gasteiger partial charge in [0.05, 0.1) is 0 Å². The minimum absolute atomic E-state index is 0.260. The normalized spacial score (nSPS) is 10.8. The number of hydrogen-bond acceptors (Lipinski definition) is 2.